The third-order valence-corrected chi connectivity index (χ3v) is 3.59. The minimum absolute atomic E-state index is 0.112. The summed E-state index contributed by atoms with van der Waals surface area (Å²) in [5.74, 6) is 0. The molecule has 100 valence electrons. The van der Waals surface area contributed by atoms with Crippen molar-refractivity contribution in [2.24, 2.45) is 5.41 Å². The summed E-state index contributed by atoms with van der Waals surface area (Å²) in [7, 11) is 0. The van der Waals surface area contributed by atoms with Gasteiger partial charge in [0.05, 0.1) is 19.3 Å². The number of rotatable bonds is 5. The molecule has 3 heteroatoms. The molecule has 1 aromatic carbocycles. The molecular weight excluding hydrogens is 226 g/mol. The van der Waals surface area contributed by atoms with Crippen LogP contribution in [0, 0.1) is 5.41 Å². The molecule has 1 aliphatic rings. The lowest BCUT2D eigenvalue weighted by Crippen LogP contribution is -2.36. The predicted molar refractivity (Wildman–Crippen MR) is 72.3 cm³/mol. The molecule has 0 bridgehead atoms. The normalized spacial score (nSPS) is 19.6. The molecule has 0 amide bonds. The van der Waals surface area contributed by atoms with Gasteiger partial charge in [-0.25, -0.2) is 0 Å². The van der Waals surface area contributed by atoms with Gasteiger partial charge in [0.15, 0.2) is 0 Å². The van der Waals surface area contributed by atoms with E-state index < -0.39 is 0 Å². The van der Waals surface area contributed by atoms with Gasteiger partial charge < -0.3 is 15.2 Å². The SMILES string of the molecule is CC(C)(CCO)CNC1COCc2ccccc21. The van der Waals surface area contributed by atoms with Crippen molar-refractivity contribution in [2.45, 2.75) is 32.9 Å². The maximum absolute atomic E-state index is 9.04. The van der Waals surface area contributed by atoms with Gasteiger partial charge in [-0.2, -0.15) is 0 Å². The van der Waals surface area contributed by atoms with Crippen LogP contribution in [0.3, 0.4) is 0 Å². The second-order valence-corrected chi connectivity index (χ2v) is 5.79. The average Bonchev–Trinajstić information content (AvgIpc) is 2.36. The summed E-state index contributed by atoms with van der Waals surface area (Å²) in [6, 6.07) is 8.71. The van der Waals surface area contributed by atoms with Gasteiger partial charge in [-0.1, -0.05) is 38.1 Å². The Morgan fingerprint density at radius 1 is 1.39 bits per heavy atom. The number of aliphatic hydroxyl groups excluding tert-OH is 1. The monoisotopic (exact) mass is 249 g/mol. The Hall–Kier alpha value is -0.900. The van der Waals surface area contributed by atoms with Crippen molar-refractivity contribution in [1.82, 2.24) is 5.32 Å². The molecule has 2 N–H and O–H groups in total. The highest BCUT2D eigenvalue weighted by atomic mass is 16.5. The Morgan fingerprint density at radius 3 is 2.94 bits per heavy atom. The summed E-state index contributed by atoms with van der Waals surface area (Å²) in [5, 5.41) is 12.6. The van der Waals surface area contributed by atoms with Crippen LogP contribution in [0.25, 0.3) is 0 Å². The molecule has 0 spiro atoms. The largest absolute Gasteiger partial charge is 0.396 e. The first kappa shape index (κ1) is 13.5. The predicted octanol–water partition coefficient (Wildman–Crippen LogP) is 2.26. The second kappa shape index (κ2) is 5.83. The summed E-state index contributed by atoms with van der Waals surface area (Å²) in [6.07, 6.45) is 0.815. The van der Waals surface area contributed by atoms with Gasteiger partial charge in [0.25, 0.3) is 0 Å². The lowest BCUT2D eigenvalue weighted by atomic mass is 9.89. The van der Waals surface area contributed by atoms with E-state index in [2.05, 4.69) is 43.4 Å². The van der Waals surface area contributed by atoms with Crippen LogP contribution in [0.2, 0.25) is 0 Å². The Morgan fingerprint density at radius 2 is 2.17 bits per heavy atom. The first-order valence-corrected chi connectivity index (χ1v) is 6.62. The van der Waals surface area contributed by atoms with Crippen molar-refractivity contribution in [3.05, 3.63) is 35.4 Å². The van der Waals surface area contributed by atoms with Gasteiger partial charge in [0, 0.05) is 13.2 Å². The molecule has 0 aliphatic carbocycles. The second-order valence-electron chi connectivity index (χ2n) is 5.79. The van der Waals surface area contributed by atoms with Crippen LogP contribution in [-0.2, 0) is 11.3 Å². The lowest BCUT2D eigenvalue weighted by Gasteiger charge is -2.31. The minimum atomic E-state index is 0.112. The molecule has 0 radical (unpaired) electrons. The van der Waals surface area contributed by atoms with Crippen molar-refractivity contribution < 1.29 is 9.84 Å². The van der Waals surface area contributed by atoms with Crippen LogP contribution in [0.15, 0.2) is 24.3 Å². The van der Waals surface area contributed by atoms with E-state index >= 15 is 0 Å². The highest BCUT2D eigenvalue weighted by Crippen LogP contribution is 2.26. The van der Waals surface area contributed by atoms with Crippen molar-refractivity contribution in [1.29, 1.82) is 0 Å². The van der Waals surface area contributed by atoms with Gasteiger partial charge >= 0.3 is 0 Å². The Balaban J connectivity index is 1.99. The number of fused-ring (bicyclic) bond motifs is 1. The molecule has 1 unspecified atom stereocenters. The topological polar surface area (TPSA) is 41.5 Å². The number of hydrogen-bond donors (Lipinski definition) is 2. The third-order valence-electron chi connectivity index (χ3n) is 3.59. The van der Waals surface area contributed by atoms with E-state index in [1.54, 1.807) is 0 Å². The fourth-order valence-electron chi connectivity index (χ4n) is 2.34. The molecule has 2 rings (SSSR count). The molecule has 0 fully saturated rings. The first-order chi connectivity index (χ1) is 8.62. The molecule has 3 nitrogen and oxygen atoms in total. The van der Waals surface area contributed by atoms with Crippen LogP contribution >= 0.6 is 0 Å². The van der Waals surface area contributed by atoms with Crippen LogP contribution in [0.4, 0.5) is 0 Å². The Labute approximate surface area is 109 Å². The highest BCUT2D eigenvalue weighted by Gasteiger charge is 2.23. The van der Waals surface area contributed by atoms with Gasteiger partial charge in [-0.3, -0.25) is 0 Å². The van der Waals surface area contributed by atoms with Crippen LogP contribution in [-0.4, -0.2) is 24.9 Å². The average molecular weight is 249 g/mol. The molecule has 1 heterocycles. The van der Waals surface area contributed by atoms with Crippen LogP contribution in [0.5, 0.6) is 0 Å². The van der Waals surface area contributed by atoms with E-state index in [4.69, 9.17) is 9.84 Å². The van der Waals surface area contributed by atoms with E-state index in [1.807, 2.05) is 0 Å². The fourth-order valence-corrected chi connectivity index (χ4v) is 2.34. The summed E-state index contributed by atoms with van der Waals surface area (Å²) in [5.41, 5.74) is 2.74. The maximum Gasteiger partial charge on any atom is 0.0721 e. The quantitative estimate of drug-likeness (QED) is 0.841. The van der Waals surface area contributed by atoms with Crippen LogP contribution < -0.4 is 5.32 Å². The maximum atomic E-state index is 9.04. The molecular formula is C15H23NO2. The van der Waals surface area contributed by atoms with E-state index in [9.17, 15) is 0 Å². The van der Waals surface area contributed by atoms with E-state index in [0.29, 0.717) is 6.61 Å². The van der Waals surface area contributed by atoms with Crippen molar-refractivity contribution >= 4 is 0 Å². The zero-order chi connectivity index (χ0) is 13.0. The van der Waals surface area contributed by atoms with Gasteiger partial charge in [-0.05, 0) is 23.0 Å². The van der Waals surface area contributed by atoms with Gasteiger partial charge in [-0.15, -0.1) is 0 Å². The number of ether oxygens (including phenoxy) is 1. The number of benzene rings is 1. The highest BCUT2D eigenvalue weighted by molar-refractivity contribution is 5.31. The fraction of sp³-hybridized carbons (Fsp3) is 0.600. The molecule has 0 aromatic heterocycles. The lowest BCUT2D eigenvalue weighted by molar-refractivity contribution is 0.0774. The van der Waals surface area contributed by atoms with E-state index in [-0.39, 0.29) is 18.1 Å². The Kier molecular flexibility index (Phi) is 4.38. The standard InChI is InChI=1S/C15H23NO2/c1-15(2,7-8-17)11-16-14-10-18-9-12-5-3-4-6-13(12)14/h3-6,14,16-17H,7-11H2,1-2H3. The number of hydrogen-bond acceptors (Lipinski definition) is 3. The zero-order valence-corrected chi connectivity index (χ0v) is 11.3. The van der Waals surface area contributed by atoms with Gasteiger partial charge in [0.2, 0.25) is 0 Å². The molecule has 0 saturated heterocycles. The van der Waals surface area contributed by atoms with Crippen molar-refractivity contribution in [3.63, 3.8) is 0 Å². The third kappa shape index (κ3) is 3.31. The van der Waals surface area contributed by atoms with Crippen LogP contribution in [0.1, 0.15) is 37.4 Å². The smallest absolute Gasteiger partial charge is 0.0721 e. The molecule has 0 saturated carbocycles. The van der Waals surface area contributed by atoms with E-state index in [1.165, 1.54) is 11.1 Å². The van der Waals surface area contributed by atoms with Gasteiger partial charge in [0.1, 0.15) is 0 Å². The zero-order valence-electron chi connectivity index (χ0n) is 11.3. The number of nitrogens with one attached hydrogen (secondary N) is 1. The molecule has 1 aromatic rings. The Bertz CT molecular complexity index is 390. The van der Waals surface area contributed by atoms with Crippen molar-refractivity contribution in [2.75, 3.05) is 19.8 Å². The summed E-state index contributed by atoms with van der Waals surface area (Å²) in [4.78, 5) is 0. The summed E-state index contributed by atoms with van der Waals surface area (Å²) >= 11 is 0. The summed E-state index contributed by atoms with van der Waals surface area (Å²) < 4.78 is 5.62. The van der Waals surface area contributed by atoms with E-state index in [0.717, 1.165) is 19.6 Å². The first-order valence-electron chi connectivity index (χ1n) is 6.62. The minimum Gasteiger partial charge on any atom is -0.396 e. The van der Waals surface area contributed by atoms with Crippen molar-refractivity contribution in [3.8, 4) is 0 Å². The molecule has 1 atom stereocenters. The molecule has 1 aliphatic heterocycles. The molecule has 18 heavy (non-hydrogen) atoms. The number of aliphatic hydroxyl groups is 1. The summed E-state index contributed by atoms with van der Waals surface area (Å²) in [6.45, 7) is 6.92.